The summed E-state index contributed by atoms with van der Waals surface area (Å²) in [4.78, 5) is 14.5. The van der Waals surface area contributed by atoms with Gasteiger partial charge in [-0.05, 0) is 38.0 Å². The number of aliphatic hydroxyl groups is 1. The fourth-order valence-corrected chi connectivity index (χ4v) is 3.08. The minimum absolute atomic E-state index is 0.0445. The molecule has 1 heterocycles. The van der Waals surface area contributed by atoms with Crippen molar-refractivity contribution < 1.29 is 14.6 Å². The highest BCUT2D eigenvalue weighted by Gasteiger charge is 2.35. The van der Waals surface area contributed by atoms with E-state index in [0.717, 1.165) is 39.0 Å². The number of nitrogens with one attached hydrogen (secondary N) is 1. The summed E-state index contributed by atoms with van der Waals surface area (Å²) in [6.07, 6.45) is 3.65. The van der Waals surface area contributed by atoms with Gasteiger partial charge in [0, 0.05) is 31.7 Å². The van der Waals surface area contributed by atoms with Crippen LogP contribution >= 0.6 is 0 Å². The molecule has 0 aromatic carbocycles. The fourth-order valence-electron chi connectivity index (χ4n) is 3.08. The van der Waals surface area contributed by atoms with Crippen LogP contribution < -0.4 is 5.32 Å². The second-order valence-corrected chi connectivity index (χ2v) is 7.49. The summed E-state index contributed by atoms with van der Waals surface area (Å²) in [7, 11) is 0. The first-order chi connectivity index (χ1) is 9.87. The Bertz CT molecular complexity index is 347. The zero-order valence-electron chi connectivity index (χ0n) is 13.6. The average Bonchev–Trinajstić information content (AvgIpc) is 3.09. The molecule has 21 heavy (non-hydrogen) atoms. The summed E-state index contributed by atoms with van der Waals surface area (Å²) in [6, 6.07) is 0.466. The SMILES string of the molecule is CC(O)CC(C)(C)CNC(=O)N(CC1CCOC1)C1CC1. The Morgan fingerprint density at radius 1 is 1.43 bits per heavy atom. The number of nitrogens with zero attached hydrogens (tertiary/aromatic N) is 1. The molecule has 2 amide bonds. The Morgan fingerprint density at radius 3 is 2.67 bits per heavy atom. The van der Waals surface area contributed by atoms with Crippen LogP contribution in [-0.4, -0.2) is 54.5 Å². The molecule has 0 bridgehead atoms. The second kappa shape index (κ2) is 6.97. The number of urea groups is 1. The topological polar surface area (TPSA) is 61.8 Å². The highest BCUT2D eigenvalue weighted by molar-refractivity contribution is 5.75. The van der Waals surface area contributed by atoms with E-state index in [1.807, 2.05) is 4.90 Å². The molecule has 1 saturated heterocycles. The van der Waals surface area contributed by atoms with Crippen molar-refractivity contribution in [2.24, 2.45) is 11.3 Å². The smallest absolute Gasteiger partial charge is 0.317 e. The van der Waals surface area contributed by atoms with Crippen molar-refractivity contribution in [1.29, 1.82) is 0 Å². The maximum Gasteiger partial charge on any atom is 0.317 e. The van der Waals surface area contributed by atoms with Crippen molar-refractivity contribution in [3.8, 4) is 0 Å². The summed E-state index contributed by atoms with van der Waals surface area (Å²) in [5.74, 6) is 0.488. The van der Waals surface area contributed by atoms with Crippen LogP contribution in [0.3, 0.4) is 0 Å². The van der Waals surface area contributed by atoms with Gasteiger partial charge >= 0.3 is 6.03 Å². The van der Waals surface area contributed by atoms with Crippen LogP contribution in [0.25, 0.3) is 0 Å². The van der Waals surface area contributed by atoms with Gasteiger partial charge in [-0.3, -0.25) is 0 Å². The number of carbonyl (C=O) groups excluding carboxylic acids is 1. The molecule has 0 aromatic rings. The third-order valence-electron chi connectivity index (χ3n) is 4.29. The van der Waals surface area contributed by atoms with Crippen molar-refractivity contribution in [2.75, 3.05) is 26.3 Å². The van der Waals surface area contributed by atoms with Crippen LogP contribution in [0.5, 0.6) is 0 Å². The average molecular weight is 298 g/mol. The molecule has 0 spiro atoms. The van der Waals surface area contributed by atoms with Crippen LogP contribution in [0.2, 0.25) is 0 Å². The molecular weight excluding hydrogens is 268 g/mol. The van der Waals surface area contributed by atoms with E-state index in [1.165, 1.54) is 0 Å². The lowest BCUT2D eigenvalue weighted by atomic mass is 9.87. The van der Waals surface area contributed by atoms with Gasteiger partial charge in [-0.25, -0.2) is 4.79 Å². The molecule has 2 unspecified atom stereocenters. The third-order valence-corrected chi connectivity index (χ3v) is 4.29. The van der Waals surface area contributed by atoms with Crippen molar-refractivity contribution in [2.45, 2.75) is 58.6 Å². The monoisotopic (exact) mass is 298 g/mol. The molecule has 5 heteroatoms. The minimum atomic E-state index is -0.341. The highest BCUT2D eigenvalue weighted by atomic mass is 16.5. The molecule has 0 radical (unpaired) electrons. The van der Waals surface area contributed by atoms with Gasteiger partial charge in [-0.1, -0.05) is 13.8 Å². The lowest BCUT2D eigenvalue weighted by Gasteiger charge is -2.30. The Kier molecular flexibility index (Phi) is 5.49. The lowest BCUT2D eigenvalue weighted by molar-refractivity contribution is 0.124. The van der Waals surface area contributed by atoms with E-state index in [4.69, 9.17) is 4.74 Å². The third kappa shape index (κ3) is 5.47. The first-order valence-corrected chi connectivity index (χ1v) is 8.18. The molecule has 0 aromatic heterocycles. The predicted molar refractivity (Wildman–Crippen MR) is 82.1 cm³/mol. The van der Waals surface area contributed by atoms with Crippen LogP contribution in [0.15, 0.2) is 0 Å². The van der Waals surface area contributed by atoms with Gasteiger partial charge in [-0.2, -0.15) is 0 Å². The normalized spacial score (nSPS) is 23.9. The molecule has 2 rings (SSSR count). The largest absolute Gasteiger partial charge is 0.393 e. The standard InChI is InChI=1S/C16H30N2O3/c1-12(19)8-16(2,3)11-17-15(20)18(14-4-5-14)9-13-6-7-21-10-13/h12-14,19H,4-11H2,1-3H3,(H,17,20). The summed E-state index contributed by atoms with van der Waals surface area (Å²) >= 11 is 0. The van der Waals surface area contributed by atoms with E-state index < -0.39 is 0 Å². The molecular formula is C16H30N2O3. The number of ether oxygens (including phenoxy) is 1. The number of rotatable bonds is 7. The lowest BCUT2D eigenvalue weighted by Crippen LogP contribution is -2.47. The van der Waals surface area contributed by atoms with Crippen LogP contribution in [0.4, 0.5) is 4.79 Å². The van der Waals surface area contributed by atoms with E-state index >= 15 is 0 Å². The van der Waals surface area contributed by atoms with Gasteiger partial charge in [0.25, 0.3) is 0 Å². The van der Waals surface area contributed by atoms with E-state index in [-0.39, 0.29) is 17.6 Å². The van der Waals surface area contributed by atoms with Gasteiger partial charge in [0.15, 0.2) is 0 Å². The first-order valence-electron chi connectivity index (χ1n) is 8.18. The Labute approximate surface area is 128 Å². The van der Waals surface area contributed by atoms with E-state index in [0.29, 0.717) is 24.9 Å². The van der Waals surface area contributed by atoms with Gasteiger partial charge in [0.05, 0.1) is 12.7 Å². The number of hydrogen-bond acceptors (Lipinski definition) is 3. The predicted octanol–water partition coefficient (Wildman–Crippen LogP) is 1.99. The van der Waals surface area contributed by atoms with Crippen LogP contribution in [-0.2, 0) is 4.74 Å². The van der Waals surface area contributed by atoms with E-state index in [2.05, 4.69) is 19.2 Å². The maximum absolute atomic E-state index is 12.5. The maximum atomic E-state index is 12.5. The molecule has 2 atom stereocenters. The van der Waals surface area contributed by atoms with Crippen LogP contribution in [0.1, 0.15) is 46.5 Å². The summed E-state index contributed by atoms with van der Waals surface area (Å²) in [5, 5.41) is 12.6. The van der Waals surface area contributed by atoms with Crippen molar-refractivity contribution in [3.05, 3.63) is 0 Å². The van der Waals surface area contributed by atoms with Crippen molar-refractivity contribution in [1.82, 2.24) is 10.2 Å². The van der Waals surface area contributed by atoms with Gasteiger partial charge in [0.1, 0.15) is 0 Å². The molecule has 122 valence electrons. The molecule has 2 aliphatic rings. The Morgan fingerprint density at radius 2 is 2.14 bits per heavy atom. The van der Waals surface area contributed by atoms with E-state index in [1.54, 1.807) is 6.92 Å². The number of carbonyl (C=O) groups is 1. The zero-order chi connectivity index (χ0) is 15.5. The van der Waals surface area contributed by atoms with Gasteiger partial charge in [-0.15, -0.1) is 0 Å². The number of amides is 2. The summed E-state index contributed by atoms with van der Waals surface area (Å²) < 4.78 is 5.41. The zero-order valence-corrected chi connectivity index (χ0v) is 13.6. The van der Waals surface area contributed by atoms with Crippen molar-refractivity contribution >= 4 is 6.03 Å². The van der Waals surface area contributed by atoms with Crippen LogP contribution in [0, 0.1) is 11.3 Å². The molecule has 5 nitrogen and oxygen atoms in total. The molecule has 2 N–H and O–H groups in total. The fraction of sp³-hybridized carbons (Fsp3) is 0.938. The molecule has 1 aliphatic heterocycles. The minimum Gasteiger partial charge on any atom is -0.393 e. The summed E-state index contributed by atoms with van der Waals surface area (Å²) in [6.45, 7) is 8.96. The number of aliphatic hydroxyl groups excluding tert-OH is 1. The molecule has 1 saturated carbocycles. The number of hydrogen-bond donors (Lipinski definition) is 2. The van der Waals surface area contributed by atoms with Gasteiger partial charge in [0.2, 0.25) is 0 Å². The molecule has 1 aliphatic carbocycles. The highest BCUT2D eigenvalue weighted by Crippen LogP contribution is 2.29. The van der Waals surface area contributed by atoms with Crippen molar-refractivity contribution in [3.63, 3.8) is 0 Å². The molecule has 2 fully saturated rings. The van der Waals surface area contributed by atoms with Gasteiger partial charge < -0.3 is 20.1 Å². The second-order valence-electron chi connectivity index (χ2n) is 7.49. The Hall–Kier alpha value is -0.810. The quantitative estimate of drug-likeness (QED) is 0.755. The Balaban J connectivity index is 1.81. The first kappa shape index (κ1) is 16.6. The van der Waals surface area contributed by atoms with E-state index in [9.17, 15) is 9.90 Å². The summed E-state index contributed by atoms with van der Waals surface area (Å²) in [5.41, 5.74) is -0.0878.